The highest BCUT2D eigenvalue weighted by Gasteiger charge is 2.25. The first kappa shape index (κ1) is 13.9. The van der Waals surface area contributed by atoms with E-state index < -0.39 is 0 Å². The maximum Gasteiger partial charge on any atom is 0.231 e. The highest BCUT2D eigenvalue weighted by molar-refractivity contribution is 5.95. The van der Waals surface area contributed by atoms with E-state index >= 15 is 0 Å². The van der Waals surface area contributed by atoms with Crippen molar-refractivity contribution in [3.8, 4) is 5.75 Å². The van der Waals surface area contributed by atoms with Gasteiger partial charge in [0.05, 0.1) is 12.5 Å². The lowest BCUT2D eigenvalue weighted by molar-refractivity contribution is -0.123. The molecule has 4 nitrogen and oxygen atoms in total. The molecule has 1 aliphatic rings. The number of fused-ring (bicyclic) bond motifs is 1. The van der Waals surface area contributed by atoms with Crippen molar-refractivity contribution in [1.29, 1.82) is 0 Å². The second-order valence-corrected chi connectivity index (χ2v) is 5.37. The molecule has 19 heavy (non-hydrogen) atoms. The molecular formula is C15H22N2O2. The van der Waals surface area contributed by atoms with Crippen LogP contribution in [-0.2, 0) is 11.2 Å². The van der Waals surface area contributed by atoms with Gasteiger partial charge in [-0.25, -0.2) is 0 Å². The van der Waals surface area contributed by atoms with Crippen LogP contribution in [0.25, 0.3) is 0 Å². The highest BCUT2D eigenvalue weighted by atomic mass is 16.5. The smallest absolute Gasteiger partial charge is 0.231 e. The highest BCUT2D eigenvalue weighted by Crippen LogP contribution is 2.30. The molecule has 2 N–H and O–H groups in total. The number of ether oxygens (including phenoxy) is 1. The lowest BCUT2D eigenvalue weighted by atomic mass is 9.94. The van der Waals surface area contributed by atoms with Crippen molar-refractivity contribution in [1.82, 2.24) is 0 Å². The fourth-order valence-electron chi connectivity index (χ4n) is 2.42. The van der Waals surface area contributed by atoms with Gasteiger partial charge in [0, 0.05) is 25.7 Å². The molecule has 1 aliphatic heterocycles. The van der Waals surface area contributed by atoms with E-state index in [0.29, 0.717) is 6.54 Å². The summed E-state index contributed by atoms with van der Waals surface area (Å²) in [6.07, 6.45) is 0.912. The summed E-state index contributed by atoms with van der Waals surface area (Å²) in [4.78, 5) is 14.1. The molecule has 1 atom stereocenters. The van der Waals surface area contributed by atoms with Crippen molar-refractivity contribution in [3.63, 3.8) is 0 Å². The SMILES string of the molecule is CC(C)C(CN)C(=O)N(C)c1ccc2c(c1)CCO2. The lowest BCUT2D eigenvalue weighted by Gasteiger charge is -2.25. The fraction of sp³-hybridized carbons (Fsp3) is 0.533. The summed E-state index contributed by atoms with van der Waals surface area (Å²) in [7, 11) is 1.81. The zero-order chi connectivity index (χ0) is 14.0. The third-order valence-corrected chi connectivity index (χ3v) is 3.77. The van der Waals surface area contributed by atoms with Crippen LogP contribution in [0.1, 0.15) is 19.4 Å². The summed E-state index contributed by atoms with van der Waals surface area (Å²) in [5, 5.41) is 0. The average Bonchev–Trinajstić information content (AvgIpc) is 2.85. The van der Waals surface area contributed by atoms with E-state index in [1.807, 2.05) is 39.1 Å². The maximum atomic E-state index is 12.4. The Hall–Kier alpha value is -1.55. The number of anilines is 1. The third kappa shape index (κ3) is 2.73. The monoisotopic (exact) mass is 262 g/mol. The lowest BCUT2D eigenvalue weighted by Crippen LogP contribution is -2.39. The number of hydrogen-bond donors (Lipinski definition) is 1. The molecule has 1 aromatic carbocycles. The number of benzene rings is 1. The quantitative estimate of drug-likeness (QED) is 0.900. The third-order valence-electron chi connectivity index (χ3n) is 3.77. The molecule has 1 unspecified atom stereocenters. The van der Waals surface area contributed by atoms with Gasteiger partial charge in [0.2, 0.25) is 5.91 Å². The van der Waals surface area contributed by atoms with Gasteiger partial charge in [-0.15, -0.1) is 0 Å². The second-order valence-electron chi connectivity index (χ2n) is 5.37. The molecule has 4 heteroatoms. The zero-order valence-electron chi connectivity index (χ0n) is 11.8. The minimum Gasteiger partial charge on any atom is -0.493 e. The van der Waals surface area contributed by atoms with Crippen LogP contribution in [0.5, 0.6) is 5.75 Å². The standard InChI is InChI=1S/C15H22N2O2/c1-10(2)13(9-16)15(18)17(3)12-4-5-14-11(8-12)6-7-19-14/h4-5,8,10,13H,6-7,9,16H2,1-3H3. The van der Waals surface area contributed by atoms with Gasteiger partial charge in [-0.3, -0.25) is 4.79 Å². The summed E-state index contributed by atoms with van der Waals surface area (Å²) < 4.78 is 5.48. The molecule has 1 aromatic rings. The van der Waals surface area contributed by atoms with Crippen LogP contribution in [0.15, 0.2) is 18.2 Å². The van der Waals surface area contributed by atoms with Crippen LogP contribution in [-0.4, -0.2) is 26.1 Å². The number of hydrogen-bond acceptors (Lipinski definition) is 3. The molecule has 2 rings (SSSR count). The zero-order valence-corrected chi connectivity index (χ0v) is 11.8. The van der Waals surface area contributed by atoms with Gasteiger partial charge < -0.3 is 15.4 Å². The molecule has 104 valence electrons. The van der Waals surface area contributed by atoms with Gasteiger partial charge in [-0.05, 0) is 29.7 Å². The van der Waals surface area contributed by atoms with Crippen LogP contribution >= 0.6 is 0 Å². The first-order chi connectivity index (χ1) is 9.04. The fourth-order valence-corrected chi connectivity index (χ4v) is 2.42. The Labute approximate surface area is 114 Å². The molecular weight excluding hydrogens is 240 g/mol. The van der Waals surface area contributed by atoms with Crippen LogP contribution < -0.4 is 15.4 Å². The number of nitrogens with zero attached hydrogens (tertiary/aromatic N) is 1. The first-order valence-corrected chi connectivity index (χ1v) is 6.78. The van der Waals surface area contributed by atoms with Gasteiger partial charge in [0.1, 0.15) is 5.75 Å². The van der Waals surface area contributed by atoms with Gasteiger partial charge in [0.25, 0.3) is 0 Å². The number of amides is 1. The van der Waals surface area contributed by atoms with E-state index in [9.17, 15) is 4.79 Å². The molecule has 0 radical (unpaired) electrons. The van der Waals surface area contributed by atoms with E-state index in [2.05, 4.69) is 0 Å². The molecule has 0 saturated carbocycles. The summed E-state index contributed by atoms with van der Waals surface area (Å²) in [5.41, 5.74) is 7.80. The predicted molar refractivity (Wildman–Crippen MR) is 76.4 cm³/mol. The van der Waals surface area contributed by atoms with E-state index in [-0.39, 0.29) is 17.7 Å². The molecule has 0 spiro atoms. The summed E-state index contributed by atoms with van der Waals surface area (Å²) >= 11 is 0. The van der Waals surface area contributed by atoms with Crippen LogP contribution in [0.4, 0.5) is 5.69 Å². The van der Waals surface area contributed by atoms with Crippen LogP contribution in [0.2, 0.25) is 0 Å². The van der Waals surface area contributed by atoms with E-state index in [0.717, 1.165) is 24.5 Å². The van der Waals surface area contributed by atoms with Gasteiger partial charge in [-0.2, -0.15) is 0 Å². The van der Waals surface area contributed by atoms with Gasteiger partial charge in [0.15, 0.2) is 0 Å². The number of carbonyl (C=O) groups is 1. The minimum absolute atomic E-state index is 0.0800. The molecule has 0 saturated heterocycles. The largest absolute Gasteiger partial charge is 0.493 e. The Morgan fingerprint density at radius 3 is 2.84 bits per heavy atom. The topological polar surface area (TPSA) is 55.6 Å². The Kier molecular flexibility index (Phi) is 4.10. The van der Waals surface area contributed by atoms with Crippen molar-refractivity contribution in [2.75, 3.05) is 25.1 Å². The minimum atomic E-state index is -0.130. The molecule has 0 fully saturated rings. The van der Waals surface area contributed by atoms with Crippen molar-refractivity contribution in [2.24, 2.45) is 17.6 Å². The molecule has 1 amide bonds. The summed E-state index contributed by atoms with van der Waals surface area (Å²) in [6.45, 7) is 5.17. The number of rotatable bonds is 4. The number of carbonyl (C=O) groups excluding carboxylic acids is 1. The Morgan fingerprint density at radius 1 is 1.47 bits per heavy atom. The molecule has 0 bridgehead atoms. The first-order valence-electron chi connectivity index (χ1n) is 6.78. The maximum absolute atomic E-state index is 12.4. The summed E-state index contributed by atoms with van der Waals surface area (Å²) in [6, 6.07) is 5.90. The van der Waals surface area contributed by atoms with Gasteiger partial charge in [-0.1, -0.05) is 13.8 Å². The van der Waals surface area contributed by atoms with Gasteiger partial charge >= 0.3 is 0 Å². The molecule has 0 aliphatic carbocycles. The number of nitrogens with two attached hydrogens (primary N) is 1. The predicted octanol–water partition coefficient (Wildman–Crippen LogP) is 1.82. The molecule has 0 aromatic heterocycles. The van der Waals surface area contributed by atoms with Crippen molar-refractivity contribution in [2.45, 2.75) is 20.3 Å². The van der Waals surface area contributed by atoms with Crippen molar-refractivity contribution < 1.29 is 9.53 Å². The van der Waals surface area contributed by atoms with Crippen molar-refractivity contribution in [3.05, 3.63) is 23.8 Å². The van der Waals surface area contributed by atoms with E-state index in [4.69, 9.17) is 10.5 Å². The van der Waals surface area contributed by atoms with E-state index in [1.54, 1.807) is 4.90 Å². The average molecular weight is 262 g/mol. The van der Waals surface area contributed by atoms with Crippen LogP contribution in [0, 0.1) is 11.8 Å². The van der Waals surface area contributed by atoms with E-state index in [1.165, 1.54) is 5.56 Å². The Morgan fingerprint density at radius 2 is 2.21 bits per heavy atom. The Bertz CT molecular complexity index is 471. The Balaban J connectivity index is 2.19. The van der Waals surface area contributed by atoms with Crippen LogP contribution in [0.3, 0.4) is 0 Å². The molecule has 1 heterocycles. The summed E-state index contributed by atoms with van der Waals surface area (Å²) in [5.74, 6) is 1.13. The second kappa shape index (κ2) is 5.61. The normalized spacial score (nSPS) is 15.0. The van der Waals surface area contributed by atoms with Crippen molar-refractivity contribution >= 4 is 11.6 Å².